The van der Waals surface area contributed by atoms with Gasteiger partial charge in [0.05, 0.1) is 12.5 Å². The van der Waals surface area contributed by atoms with Gasteiger partial charge in [-0.05, 0) is 25.0 Å². The molecule has 1 saturated carbocycles. The average molecular weight is 234 g/mol. The second-order valence-corrected chi connectivity index (χ2v) is 4.31. The van der Waals surface area contributed by atoms with Gasteiger partial charge < -0.3 is 15.8 Å². The lowest BCUT2D eigenvalue weighted by Crippen LogP contribution is -2.29. The van der Waals surface area contributed by atoms with Gasteiger partial charge >= 0.3 is 0 Å². The number of carbonyl (C=O) groups is 1. The van der Waals surface area contributed by atoms with Crippen molar-refractivity contribution in [2.45, 2.75) is 18.9 Å². The Morgan fingerprint density at radius 2 is 2.12 bits per heavy atom. The average Bonchev–Trinajstić information content (AvgIpc) is 3.07. The summed E-state index contributed by atoms with van der Waals surface area (Å²) in [5.41, 5.74) is 5.59. The third-order valence-corrected chi connectivity index (χ3v) is 2.81. The molecule has 92 valence electrons. The fourth-order valence-electron chi connectivity index (χ4n) is 1.64. The number of nitrogens with one attached hydrogen (secondary N) is 1. The molecule has 1 aromatic rings. The van der Waals surface area contributed by atoms with E-state index in [1.165, 1.54) is 0 Å². The highest BCUT2D eigenvalue weighted by atomic mass is 16.5. The second-order valence-electron chi connectivity index (χ2n) is 4.31. The van der Waals surface area contributed by atoms with E-state index in [1.54, 1.807) is 0 Å². The van der Waals surface area contributed by atoms with Crippen LogP contribution in [0.5, 0.6) is 5.75 Å². The van der Waals surface area contributed by atoms with Crippen LogP contribution < -0.4 is 15.8 Å². The van der Waals surface area contributed by atoms with Crippen LogP contribution in [0.4, 0.5) is 0 Å². The zero-order valence-electron chi connectivity index (χ0n) is 9.76. The number of hydrogen-bond acceptors (Lipinski definition) is 3. The summed E-state index contributed by atoms with van der Waals surface area (Å²) in [5, 5.41) is 2.86. The van der Waals surface area contributed by atoms with E-state index in [1.807, 2.05) is 30.3 Å². The Labute approximate surface area is 101 Å². The van der Waals surface area contributed by atoms with Gasteiger partial charge in [0.15, 0.2) is 0 Å². The van der Waals surface area contributed by atoms with Crippen LogP contribution in [-0.4, -0.2) is 25.1 Å². The Bertz CT molecular complexity index is 367. The summed E-state index contributed by atoms with van der Waals surface area (Å²) in [7, 11) is 0. The number of carbonyl (C=O) groups excluding carboxylic acids is 1. The smallest absolute Gasteiger partial charge is 0.224 e. The molecule has 1 aliphatic rings. The molecule has 1 amide bonds. The van der Waals surface area contributed by atoms with Gasteiger partial charge in [0.2, 0.25) is 5.91 Å². The molecule has 1 fully saturated rings. The minimum absolute atomic E-state index is 0.0463. The van der Waals surface area contributed by atoms with Gasteiger partial charge in [-0.3, -0.25) is 4.79 Å². The predicted molar refractivity (Wildman–Crippen MR) is 65.6 cm³/mol. The van der Waals surface area contributed by atoms with Gasteiger partial charge in [0.1, 0.15) is 5.75 Å². The maximum atomic E-state index is 11.4. The van der Waals surface area contributed by atoms with Crippen LogP contribution in [-0.2, 0) is 4.79 Å². The monoisotopic (exact) mass is 234 g/mol. The molecular formula is C13H18N2O2. The predicted octanol–water partition coefficient (Wildman–Crippen LogP) is 0.919. The fraction of sp³-hybridized carbons (Fsp3) is 0.462. The van der Waals surface area contributed by atoms with Crippen molar-refractivity contribution < 1.29 is 9.53 Å². The number of amides is 1. The summed E-state index contributed by atoms with van der Waals surface area (Å²) in [6, 6.07) is 9.74. The topological polar surface area (TPSA) is 64.4 Å². The van der Waals surface area contributed by atoms with E-state index in [2.05, 4.69) is 5.32 Å². The summed E-state index contributed by atoms with van der Waals surface area (Å²) in [5.74, 6) is 0.991. The SMILES string of the molecule is NC1CC1C(=O)NCCCOc1ccccc1. The molecule has 2 rings (SSSR count). The Morgan fingerprint density at radius 1 is 1.41 bits per heavy atom. The maximum absolute atomic E-state index is 11.4. The molecule has 0 bridgehead atoms. The Morgan fingerprint density at radius 3 is 2.76 bits per heavy atom. The van der Waals surface area contributed by atoms with Crippen LogP contribution in [0.2, 0.25) is 0 Å². The zero-order valence-corrected chi connectivity index (χ0v) is 9.76. The number of para-hydroxylation sites is 1. The zero-order chi connectivity index (χ0) is 12.1. The molecule has 0 aliphatic heterocycles. The highest BCUT2D eigenvalue weighted by Gasteiger charge is 2.39. The van der Waals surface area contributed by atoms with Gasteiger partial charge in [0.25, 0.3) is 0 Å². The standard InChI is InChI=1S/C13H18N2O2/c14-12-9-11(12)13(16)15-7-4-8-17-10-5-2-1-3-6-10/h1-3,5-6,11-12H,4,7-9,14H2,(H,15,16). The molecular weight excluding hydrogens is 216 g/mol. The molecule has 0 radical (unpaired) electrons. The normalized spacial score (nSPS) is 21.9. The number of hydrogen-bond donors (Lipinski definition) is 2. The molecule has 0 spiro atoms. The first-order chi connectivity index (χ1) is 8.27. The number of rotatable bonds is 6. The Balaban J connectivity index is 1.53. The quantitative estimate of drug-likeness (QED) is 0.719. The molecule has 17 heavy (non-hydrogen) atoms. The van der Waals surface area contributed by atoms with Crippen LogP contribution in [0.1, 0.15) is 12.8 Å². The van der Waals surface area contributed by atoms with Crippen LogP contribution >= 0.6 is 0 Å². The first kappa shape index (κ1) is 11.9. The summed E-state index contributed by atoms with van der Waals surface area (Å²) < 4.78 is 5.51. The molecule has 4 heteroatoms. The lowest BCUT2D eigenvalue weighted by atomic mass is 10.3. The molecule has 0 heterocycles. The Hall–Kier alpha value is -1.55. The minimum Gasteiger partial charge on any atom is -0.494 e. The molecule has 1 aliphatic carbocycles. The molecule has 3 N–H and O–H groups in total. The summed E-state index contributed by atoms with van der Waals surface area (Å²) in [6.45, 7) is 1.26. The van der Waals surface area contributed by atoms with E-state index >= 15 is 0 Å². The lowest BCUT2D eigenvalue weighted by molar-refractivity contribution is -0.122. The van der Waals surface area contributed by atoms with Crippen LogP contribution in [0.3, 0.4) is 0 Å². The molecule has 2 atom stereocenters. The Kier molecular flexibility index (Phi) is 3.98. The van der Waals surface area contributed by atoms with Crippen molar-refractivity contribution in [2.75, 3.05) is 13.2 Å². The summed E-state index contributed by atoms with van der Waals surface area (Å²) in [6.07, 6.45) is 1.63. The second kappa shape index (κ2) is 5.68. The van der Waals surface area contributed by atoms with Crippen molar-refractivity contribution in [1.82, 2.24) is 5.32 Å². The third kappa shape index (κ3) is 3.75. The fourth-order valence-corrected chi connectivity index (χ4v) is 1.64. The highest BCUT2D eigenvalue weighted by molar-refractivity contribution is 5.82. The molecule has 0 saturated heterocycles. The van der Waals surface area contributed by atoms with Crippen molar-refractivity contribution in [1.29, 1.82) is 0 Å². The third-order valence-electron chi connectivity index (χ3n) is 2.81. The summed E-state index contributed by atoms with van der Waals surface area (Å²) >= 11 is 0. The number of benzene rings is 1. The summed E-state index contributed by atoms with van der Waals surface area (Å²) in [4.78, 5) is 11.4. The molecule has 0 aromatic heterocycles. The molecule has 4 nitrogen and oxygen atoms in total. The van der Waals surface area contributed by atoms with E-state index in [-0.39, 0.29) is 17.9 Å². The first-order valence-corrected chi connectivity index (χ1v) is 5.98. The van der Waals surface area contributed by atoms with Gasteiger partial charge in [0, 0.05) is 12.6 Å². The number of nitrogens with two attached hydrogens (primary N) is 1. The van der Waals surface area contributed by atoms with Crippen molar-refractivity contribution in [3.8, 4) is 5.75 Å². The van der Waals surface area contributed by atoms with Gasteiger partial charge in [-0.25, -0.2) is 0 Å². The van der Waals surface area contributed by atoms with Crippen molar-refractivity contribution in [3.05, 3.63) is 30.3 Å². The first-order valence-electron chi connectivity index (χ1n) is 5.98. The van der Waals surface area contributed by atoms with Crippen molar-refractivity contribution in [2.24, 2.45) is 11.7 Å². The van der Waals surface area contributed by atoms with Crippen LogP contribution in [0.25, 0.3) is 0 Å². The van der Waals surface area contributed by atoms with E-state index in [0.717, 1.165) is 18.6 Å². The minimum atomic E-state index is 0.0463. The molecule has 2 unspecified atom stereocenters. The van der Waals surface area contributed by atoms with Gasteiger partial charge in [-0.2, -0.15) is 0 Å². The highest BCUT2D eigenvalue weighted by Crippen LogP contribution is 2.27. The molecule has 1 aromatic carbocycles. The van der Waals surface area contributed by atoms with E-state index in [4.69, 9.17) is 10.5 Å². The van der Waals surface area contributed by atoms with Crippen LogP contribution in [0.15, 0.2) is 30.3 Å². The van der Waals surface area contributed by atoms with Gasteiger partial charge in [-0.1, -0.05) is 18.2 Å². The van der Waals surface area contributed by atoms with E-state index in [0.29, 0.717) is 13.2 Å². The lowest BCUT2D eigenvalue weighted by Gasteiger charge is -2.06. The van der Waals surface area contributed by atoms with Crippen LogP contribution in [0, 0.1) is 5.92 Å². The van der Waals surface area contributed by atoms with Gasteiger partial charge in [-0.15, -0.1) is 0 Å². The maximum Gasteiger partial charge on any atom is 0.224 e. The largest absolute Gasteiger partial charge is 0.494 e. The van der Waals surface area contributed by atoms with Crippen molar-refractivity contribution in [3.63, 3.8) is 0 Å². The number of ether oxygens (including phenoxy) is 1. The van der Waals surface area contributed by atoms with E-state index < -0.39 is 0 Å². The van der Waals surface area contributed by atoms with E-state index in [9.17, 15) is 4.79 Å². The van der Waals surface area contributed by atoms with Crippen molar-refractivity contribution >= 4 is 5.91 Å².